The van der Waals surface area contributed by atoms with E-state index in [0.717, 1.165) is 0 Å². The Labute approximate surface area is 135 Å². The van der Waals surface area contributed by atoms with Crippen LogP contribution in [0.15, 0.2) is 12.1 Å². The van der Waals surface area contributed by atoms with E-state index in [2.05, 4.69) is 0 Å². The van der Waals surface area contributed by atoms with Crippen LogP contribution < -0.4 is 4.74 Å². The van der Waals surface area contributed by atoms with Crippen LogP contribution in [0.3, 0.4) is 0 Å². The van der Waals surface area contributed by atoms with Gasteiger partial charge in [0.2, 0.25) is 6.29 Å². The lowest BCUT2D eigenvalue weighted by molar-refractivity contribution is -0.277. The van der Waals surface area contributed by atoms with E-state index in [1.54, 1.807) is 0 Å². The van der Waals surface area contributed by atoms with Crippen LogP contribution in [-0.2, 0) is 4.74 Å². The number of rotatable bonds is 3. The molecule has 21 heavy (non-hydrogen) atoms. The fourth-order valence-corrected chi connectivity index (χ4v) is 2.47. The van der Waals surface area contributed by atoms with E-state index in [0.29, 0.717) is 0 Å². The summed E-state index contributed by atoms with van der Waals surface area (Å²) in [5.41, 5.74) is 0. The molecular weight excluding hydrogens is 346 g/mol. The van der Waals surface area contributed by atoms with Gasteiger partial charge < -0.3 is 29.9 Å². The molecule has 0 amide bonds. The first-order valence-electron chi connectivity index (χ1n) is 5.97. The molecule has 2 rings (SSSR count). The fourth-order valence-electron chi connectivity index (χ4n) is 1.88. The molecule has 0 spiro atoms. The van der Waals surface area contributed by atoms with Crippen molar-refractivity contribution < 1.29 is 29.9 Å². The second-order valence-corrected chi connectivity index (χ2v) is 5.73. The maximum atomic E-state index is 9.85. The lowest BCUT2D eigenvalue weighted by Gasteiger charge is -2.39. The minimum atomic E-state index is -1.54. The van der Waals surface area contributed by atoms with E-state index in [-0.39, 0.29) is 20.8 Å². The van der Waals surface area contributed by atoms with Crippen LogP contribution in [0.4, 0.5) is 0 Å². The van der Waals surface area contributed by atoms with Crippen LogP contribution in [0.2, 0.25) is 15.1 Å². The predicted molar refractivity (Wildman–Crippen MR) is 75.9 cm³/mol. The Hall–Kier alpha value is -0.310. The van der Waals surface area contributed by atoms with Gasteiger partial charge in [0.15, 0.2) is 0 Å². The molecule has 0 unspecified atom stereocenters. The third-order valence-electron chi connectivity index (χ3n) is 3.07. The Balaban J connectivity index is 2.20. The van der Waals surface area contributed by atoms with Crippen LogP contribution in [0.1, 0.15) is 0 Å². The summed E-state index contributed by atoms with van der Waals surface area (Å²) < 4.78 is 10.5. The molecule has 6 nitrogen and oxygen atoms in total. The second kappa shape index (κ2) is 6.85. The lowest BCUT2D eigenvalue weighted by Crippen LogP contribution is -2.60. The van der Waals surface area contributed by atoms with Gasteiger partial charge in [0.1, 0.15) is 30.2 Å². The van der Waals surface area contributed by atoms with Gasteiger partial charge in [-0.2, -0.15) is 0 Å². The molecular formula is C12H13Cl3O6. The second-order valence-electron chi connectivity index (χ2n) is 4.51. The average molecular weight is 360 g/mol. The van der Waals surface area contributed by atoms with Crippen molar-refractivity contribution in [3.8, 4) is 5.75 Å². The molecule has 1 saturated heterocycles. The molecule has 9 heteroatoms. The molecule has 0 bridgehead atoms. The van der Waals surface area contributed by atoms with Crippen molar-refractivity contribution in [2.24, 2.45) is 0 Å². The first-order valence-corrected chi connectivity index (χ1v) is 7.10. The molecule has 1 fully saturated rings. The first kappa shape index (κ1) is 17.1. The monoisotopic (exact) mass is 358 g/mol. The van der Waals surface area contributed by atoms with Crippen LogP contribution in [0, 0.1) is 0 Å². The summed E-state index contributed by atoms with van der Waals surface area (Å²) >= 11 is 17.6. The molecule has 118 valence electrons. The molecule has 1 heterocycles. The van der Waals surface area contributed by atoms with Gasteiger partial charge >= 0.3 is 0 Å². The maximum absolute atomic E-state index is 9.85. The van der Waals surface area contributed by atoms with Crippen LogP contribution in [0.25, 0.3) is 0 Å². The Morgan fingerprint density at radius 3 is 2.19 bits per heavy atom. The van der Waals surface area contributed by atoms with Gasteiger partial charge in [0.25, 0.3) is 0 Å². The maximum Gasteiger partial charge on any atom is 0.229 e. The summed E-state index contributed by atoms with van der Waals surface area (Å²) in [6.45, 7) is -0.556. The Morgan fingerprint density at radius 2 is 1.57 bits per heavy atom. The normalized spacial score (nSPS) is 33.0. The molecule has 0 aromatic heterocycles. The Morgan fingerprint density at radius 1 is 0.952 bits per heavy atom. The quantitative estimate of drug-likeness (QED) is 0.597. The van der Waals surface area contributed by atoms with Crippen molar-refractivity contribution in [2.45, 2.75) is 30.7 Å². The van der Waals surface area contributed by atoms with E-state index < -0.39 is 37.3 Å². The van der Waals surface area contributed by atoms with Crippen molar-refractivity contribution in [3.05, 3.63) is 27.2 Å². The van der Waals surface area contributed by atoms with E-state index in [4.69, 9.17) is 49.4 Å². The SMILES string of the molecule is OC[C@H]1O[C@@H](Oc2cc(Cl)c(Cl)cc2Cl)[C@H](O)[C@@H](O)[C@@H]1O. The van der Waals surface area contributed by atoms with Crippen molar-refractivity contribution in [1.82, 2.24) is 0 Å². The highest BCUT2D eigenvalue weighted by Crippen LogP contribution is 2.35. The largest absolute Gasteiger partial charge is 0.460 e. The van der Waals surface area contributed by atoms with Crippen LogP contribution >= 0.6 is 34.8 Å². The fraction of sp³-hybridized carbons (Fsp3) is 0.500. The van der Waals surface area contributed by atoms with Crippen molar-refractivity contribution in [3.63, 3.8) is 0 Å². The summed E-state index contributed by atoms with van der Waals surface area (Å²) in [6.07, 6.45) is -6.95. The number of aliphatic hydroxyl groups is 4. The van der Waals surface area contributed by atoms with E-state index >= 15 is 0 Å². The third kappa shape index (κ3) is 3.55. The standard InChI is InChI=1S/C12H13Cl3O6/c13-4-1-6(15)7(2-5(4)14)20-12-11(19)10(18)9(17)8(3-16)21-12/h1-2,8-12,16-19H,3H2/t8-,9-,10+,11-,12-/m1/s1. The zero-order chi connectivity index (χ0) is 15.7. The number of benzene rings is 1. The highest BCUT2D eigenvalue weighted by Gasteiger charge is 2.44. The summed E-state index contributed by atoms with van der Waals surface area (Å²) in [4.78, 5) is 0. The van der Waals surface area contributed by atoms with Gasteiger partial charge in [-0.15, -0.1) is 0 Å². The van der Waals surface area contributed by atoms with Gasteiger partial charge in [-0.1, -0.05) is 34.8 Å². The molecule has 0 radical (unpaired) electrons. The highest BCUT2D eigenvalue weighted by molar-refractivity contribution is 6.43. The lowest BCUT2D eigenvalue weighted by atomic mass is 9.99. The van der Waals surface area contributed by atoms with Crippen molar-refractivity contribution >= 4 is 34.8 Å². The molecule has 0 saturated carbocycles. The molecule has 0 aliphatic carbocycles. The molecule has 1 aromatic carbocycles. The zero-order valence-electron chi connectivity index (χ0n) is 10.5. The van der Waals surface area contributed by atoms with Gasteiger partial charge in [-0.25, -0.2) is 0 Å². The van der Waals surface area contributed by atoms with E-state index in [1.165, 1.54) is 12.1 Å². The predicted octanol–water partition coefficient (Wildman–Crippen LogP) is 0.825. The molecule has 1 aromatic rings. The number of aliphatic hydroxyl groups excluding tert-OH is 4. The van der Waals surface area contributed by atoms with Crippen LogP contribution in [-0.4, -0.2) is 57.7 Å². The number of halogens is 3. The minimum Gasteiger partial charge on any atom is -0.460 e. The average Bonchev–Trinajstić information content (AvgIpc) is 2.45. The van der Waals surface area contributed by atoms with E-state index in [9.17, 15) is 15.3 Å². The van der Waals surface area contributed by atoms with Crippen LogP contribution in [0.5, 0.6) is 5.75 Å². The van der Waals surface area contributed by atoms with Crippen molar-refractivity contribution in [2.75, 3.05) is 6.61 Å². The van der Waals surface area contributed by atoms with Gasteiger partial charge in [0, 0.05) is 6.07 Å². The summed E-state index contributed by atoms with van der Waals surface area (Å²) in [5.74, 6) is 0.0791. The summed E-state index contributed by atoms with van der Waals surface area (Å²) in [7, 11) is 0. The minimum absolute atomic E-state index is 0.0791. The van der Waals surface area contributed by atoms with Crippen molar-refractivity contribution in [1.29, 1.82) is 0 Å². The van der Waals surface area contributed by atoms with Gasteiger partial charge in [-0.3, -0.25) is 0 Å². The first-order chi connectivity index (χ1) is 9.85. The Kier molecular flexibility index (Phi) is 5.56. The smallest absolute Gasteiger partial charge is 0.229 e. The molecule has 1 aliphatic heterocycles. The molecule has 1 aliphatic rings. The van der Waals surface area contributed by atoms with E-state index in [1.807, 2.05) is 0 Å². The number of hydrogen-bond donors (Lipinski definition) is 4. The zero-order valence-corrected chi connectivity index (χ0v) is 12.8. The highest BCUT2D eigenvalue weighted by atomic mass is 35.5. The number of ether oxygens (including phenoxy) is 2. The van der Waals surface area contributed by atoms with Gasteiger partial charge in [0.05, 0.1) is 21.7 Å². The topological polar surface area (TPSA) is 99.4 Å². The number of hydrogen-bond acceptors (Lipinski definition) is 6. The Bertz CT molecular complexity index is 512. The molecule has 5 atom stereocenters. The summed E-state index contributed by atoms with van der Waals surface area (Å²) in [5, 5.41) is 38.8. The summed E-state index contributed by atoms with van der Waals surface area (Å²) in [6, 6.07) is 2.68. The third-order valence-corrected chi connectivity index (χ3v) is 4.08. The molecule has 4 N–H and O–H groups in total. The van der Waals surface area contributed by atoms with Gasteiger partial charge in [-0.05, 0) is 6.07 Å².